The van der Waals surface area contributed by atoms with Crippen molar-refractivity contribution in [1.29, 1.82) is 0 Å². The van der Waals surface area contributed by atoms with E-state index in [-0.39, 0.29) is 12.1 Å². The molecule has 2 aromatic rings. The van der Waals surface area contributed by atoms with Crippen LogP contribution in [0, 0.1) is 13.8 Å². The number of nitrogens with one attached hydrogen (secondary N) is 1. The Morgan fingerprint density at radius 2 is 2.17 bits per heavy atom. The van der Waals surface area contributed by atoms with Gasteiger partial charge in [0.1, 0.15) is 11.6 Å². The minimum absolute atomic E-state index is 0.219. The topological polar surface area (TPSA) is 63.3 Å². The molecule has 3 heterocycles. The summed E-state index contributed by atoms with van der Waals surface area (Å²) in [5, 5.41) is 0. The lowest BCUT2D eigenvalue weighted by atomic mass is 10.2. The maximum absolute atomic E-state index is 5.58. The van der Waals surface area contributed by atoms with Crippen molar-refractivity contribution in [2.24, 2.45) is 0 Å². The zero-order valence-corrected chi connectivity index (χ0v) is 14.2. The van der Waals surface area contributed by atoms with Gasteiger partial charge in [0.05, 0.1) is 30.6 Å². The number of hydrogen-bond donors (Lipinski definition) is 1. The van der Waals surface area contributed by atoms with Crippen LogP contribution in [0.4, 0.5) is 0 Å². The van der Waals surface area contributed by atoms with E-state index < -0.39 is 0 Å². The molecule has 23 heavy (non-hydrogen) atoms. The predicted octanol–water partition coefficient (Wildman–Crippen LogP) is 2.39. The van der Waals surface area contributed by atoms with Crippen molar-refractivity contribution in [2.75, 3.05) is 20.8 Å². The molecule has 0 radical (unpaired) electrons. The highest BCUT2D eigenvalue weighted by Crippen LogP contribution is 2.33. The molecule has 2 aromatic heterocycles. The fourth-order valence-corrected chi connectivity index (χ4v) is 3.10. The van der Waals surface area contributed by atoms with Crippen LogP contribution in [0.3, 0.4) is 0 Å². The smallest absolute Gasteiger partial charge is 0.124 e. The minimum atomic E-state index is 0.219. The fourth-order valence-electron chi connectivity index (χ4n) is 3.10. The van der Waals surface area contributed by atoms with E-state index in [4.69, 9.17) is 9.47 Å². The molecular weight excluding hydrogens is 292 g/mol. The molecule has 1 aliphatic heterocycles. The Bertz CT molecular complexity index is 651. The molecule has 1 fully saturated rings. The minimum Gasteiger partial charge on any atom is -0.497 e. The van der Waals surface area contributed by atoms with E-state index in [1.807, 2.05) is 19.1 Å². The van der Waals surface area contributed by atoms with Gasteiger partial charge in [0.2, 0.25) is 0 Å². The fraction of sp³-hybridized carbons (Fsp3) is 0.529. The number of hydrogen-bond acceptors (Lipinski definition) is 5. The van der Waals surface area contributed by atoms with Crippen molar-refractivity contribution in [1.82, 2.24) is 19.9 Å². The summed E-state index contributed by atoms with van der Waals surface area (Å²) in [7, 11) is 3.45. The molecule has 0 saturated carbocycles. The number of pyridine rings is 1. The molecule has 0 aromatic carbocycles. The Labute approximate surface area is 136 Å². The molecule has 0 aliphatic carbocycles. The van der Waals surface area contributed by atoms with Crippen LogP contribution in [0.2, 0.25) is 0 Å². The molecule has 2 atom stereocenters. The van der Waals surface area contributed by atoms with Gasteiger partial charge in [0, 0.05) is 38.2 Å². The van der Waals surface area contributed by atoms with Crippen LogP contribution in [0.5, 0.6) is 5.75 Å². The summed E-state index contributed by atoms with van der Waals surface area (Å²) >= 11 is 0. The number of aromatic nitrogens is 3. The Hall–Kier alpha value is -1.92. The van der Waals surface area contributed by atoms with Gasteiger partial charge in [-0.25, -0.2) is 4.98 Å². The number of nitrogens with zero attached hydrogens (tertiary/aromatic N) is 3. The van der Waals surface area contributed by atoms with E-state index in [9.17, 15) is 0 Å². The highest BCUT2D eigenvalue weighted by atomic mass is 16.5. The second kappa shape index (κ2) is 6.68. The summed E-state index contributed by atoms with van der Waals surface area (Å²) in [4.78, 5) is 14.9. The largest absolute Gasteiger partial charge is 0.497 e. The van der Waals surface area contributed by atoms with Crippen LogP contribution in [-0.2, 0) is 11.3 Å². The number of ether oxygens (including phenoxy) is 2. The maximum atomic E-state index is 5.58. The average Bonchev–Trinajstić information content (AvgIpc) is 3.11. The van der Waals surface area contributed by atoms with Crippen LogP contribution in [0.1, 0.15) is 35.4 Å². The lowest BCUT2D eigenvalue weighted by Crippen LogP contribution is -2.25. The molecule has 0 unspecified atom stereocenters. The van der Waals surface area contributed by atoms with Crippen molar-refractivity contribution in [3.8, 4) is 5.75 Å². The normalized spacial score (nSPS) is 21.7. The van der Waals surface area contributed by atoms with Gasteiger partial charge in [0.25, 0.3) is 0 Å². The van der Waals surface area contributed by atoms with Crippen LogP contribution in [0.15, 0.2) is 18.3 Å². The zero-order chi connectivity index (χ0) is 16.4. The summed E-state index contributed by atoms with van der Waals surface area (Å²) in [6, 6.07) is 4.07. The van der Waals surface area contributed by atoms with E-state index in [1.54, 1.807) is 20.4 Å². The summed E-state index contributed by atoms with van der Waals surface area (Å²) in [5.74, 6) is 1.85. The molecule has 3 rings (SSSR count). The van der Waals surface area contributed by atoms with Crippen molar-refractivity contribution >= 4 is 0 Å². The monoisotopic (exact) mass is 316 g/mol. The van der Waals surface area contributed by atoms with Crippen molar-refractivity contribution in [2.45, 2.75) is 39.0 Å². The first-order valence-corrected chi connectivity index (χ1v) is 7.89. The molecule has 0 bridgehead atoms. The molecule has 1 aliphatic rings. The summed E-state index contributed by atoms with van der Waals surface area (Å²) in [6.07, 6.45) is 2.94. The van der Waals surface area contributed by atoms with Gasteiger partial charge in [-0.1, -0.05) is 0 Å². The van der Waals surface area contributed by atoms with E-state index in [1.165, 1.54) is 0 Å². The van der Waals surface area contributed by atoms with E-state index in [0.29, 0.717) is 0 Å². The zero-order valence-electron chi connectivity index (χ0n) is 14.2. The molecule has 1 saturated heterocycles. The Balaban J connectivity index is 1.82. The number of rotatable bonds is 5. The summed E-state index contributed by atoms with van der Waals surface area (Å²) in [6.45, 7) is 5.72. The molecule has 124 valence electrons. The molecule has 0 amide bonds. The van der Waals surface area contributed by atoms with Crippen LogP contribution < -0.4 is 4.74 Å². The summed E-state index contributed by atoms with van der Waals surface area (Å²) in [5.41, 5.74) is 3.17. The highest BCUT2D eigenvalue weighted by molar-refractivity contribution is 5.23. The Morgan fingerprint density at radius 3 is 2.83 bits per heavy atom. The molecule has 6 heteroatoms. The van der Waals surface area contributed by atoms with Crippen LogP contribution >= 0.6 is 0 Å². The summed E-state index contributed by atoms with van der Waals surface area (Å²) < 4.78 is 10.9. The molecule has 6 nitrogen and oxygen atoms in total. The molecular formula is C17H24N4O2. The van der Waals surface area contributed by atoms with E-state index in [0.717, 1.165) is 48.2 Å². The van der Waals surface area contributed by atoms with Gasteiger partial charge in [-0.2, -0.15) is 0 Å². The number of likely N-dealkylation sites (tertiary alicyclic amines) is 1. The van der Waals surface area contributed by atoms with E-state index in [2.05, 4.69) is 26.8 Å². The lowest BCUT2D eigenvalue weighted by Gasteiger charge is -2.22. The third-order valence-corrected chi connectivity index (χ3v) is 4.55. The van der Waals surface area contributed by atoms with Crippen LogP contribution in [0.25, 0.3) is 0 Å². The number of H-pyrrole nitrogens is 1. The third kappa shape index (κ3) is 3.38. The SMILES string of the molecule is COc1ccnc(CN2C[C@H](OC)C[C@H]2c2nc(C)c(C)[nH]2)c1. The Morgan fingerprint density at radius 1 is 1.35 bits per heavy atom. The third-order valence-electron chi connectivity index (χ3n) is 4.55. The van der Waals surface area contributed by atoms with E-state index >= 15 is 0 Å². The number of imidazole rings is 1. The van der Waals surface area contributed by atoms with Gasteiger partial charge in [-0.05, 0) is 26.3 Å². The number of methoxy groups -OCH3 is 2. The van der Waals surface area contributed by atoms with Crippen molar-refractivity contribution < 1.29 is 9.47 Å². The van der Waals surface area contributed by atoms with Gasteiger partial charge >= 0.3 is 0 Å². The van der Waals surface area contributed by atoms with Gasteiger partial charge in [0.15, 0.2) is 0 Å². The van der Waals surface area contributed by atoms with Gasteiger partial charge < -0.3 is 14.5 Å². The first kappa shape index (κ1) is 16.0. The van der Waals surface area contributed by atoms with Gasteiger partial charge in [-0.15, -0.1) is 0 Å². The average molecular weight is 316 g/mol. The van der Waals surface area contributed by atoms with Crippen molar-refractivity contribution in [3.63, 3.8) is 0 Å². The van der Waals surface area contributed by atoms with Crippen LogP contribution in [-0.4, -0.2) is 46.7 Å². The Kier molecular flexibility index (Phi) is 4.63. The predicted molar refractivity (Wildman–Crippen MR) is 87.4 cm³/mol. The second-order valence-electron chi connectivity index (χ2n) is 6.06. The molecule has 0 spiro atoms. The first-order chi connectivity index (χ1) is 11.1. The van der Waals surface area contributed by atoms with Crippen molar-refractivity contribution in [3.05, 3.63) is 41.2 Å². The number of aromatic amines is 1. The van der Waals surface area contributed by atoms with Gasteiger partial charge in [-0.3, -0.25) is 9.88 Å². The highest BCUT2D eigenvalue weighted by Gasteiger charge is 2.35. The lowest BCUT2D eigenvalue weighted by molar-refractivity contribution is 0.107. The molecule has 1 N–H and O–H groups in total. The standard InChI is InChI=1S/C17H24N4O2/c1-11-12(2)20-17(19-11)16-8-15(23-4)10-21(16)9-13-7-14(22-3)5-6-18-13/h5-7,15-16H,8-10H2,1-4H3,(H,19,20)/t15-,16+/m1/s1. The first-order valence-electron chi connectivity index (χ1n) is 7.89. The maximum Gasteiger partial charge on any atom is 0.124 e. The second-order valence-corrected chi connectivity index (χ2v) is 6.06. The number of aryl methyl sites for hydroxylation is 2. The quantitative estimate of drug-likeness (QED) is 0.917.